The van der Waals surface area contributed by atoms with Crippen molar-refractivity contribution in [3.8, 4) is 22.9 Å². The number of benzene rings is 1. The number of nitrogens with one attached hydrogen (secondary N) is 1. The Morgan fingerprint density at radius 2 is 1.90 bits per heavy atom. The van der Waals surface area contributed by atoms with Crippen LogP contribution in [0.5, 0.6) is 11.6 Å². The van der Waals surface area contributed by atoms with Gasteiger partial charge in [-0.25, -0.2) is 4.98 Å². The van der Waals surface area contributed by atoms with Gasteiger partial charge in [-0.05, 0) is 11.6 Å². The Morgan fingerprint density at radius 3 is 2.55 bits per heavy atom. The van der Waals surface area contributed by atoms with Gasteiger partial charge in [-0.3, -0.25) is 4.98 Å². The van der Waals surface area contributed by atoms with Crippen LogP contribution in [0.2, 0.25) is 0 Å². The summed E-state index contributed by atoms with van der Waals surface area (Å²) in [6, 6.07) is 11.2. The number of alkyl halides is 3. The molecule has 3 aromatic rings. The van der Waals surface area contributed by atoms with Gasteiger partial charge in [0, 0.05) is 30.6 Å². The summed E-state index contributed by atoms with van der Waals surface area (Å²) in [6.45, 7) is 0.792. The fourth-order valence-electron chi connectivity index (χ4n) is 2.85. The molecule has 0 atom stereocenters. The molecular formula is C21H19F3N4O3. The van der Waals surface area contributed by atoms with Gasteiger partial charge in [0.1, 0.15) is 17.4 Å². The van der Waals surface area contributed by atoms with Crippen LogP contribution < -0.4 is 14.8 Å². The fraction of sp³-hybridized carbons (Fsp3) is 0.286. The van der Waals surface area contributed by atoms with Crippen LogP contribution in [0.1, 0.15) is 11.1 Å². The molecule has 162 valence electrons. The number of halogens is 3. The fourth-order valence-corrected chi connectivity index (χ4v) is 2.85. The smallest absolute Gasteiger partial charge is 0.423 e. The van der Waals surface area contributed by atoms with Crippen molar-refractivity contribution in [3.05, 3.63) is 59.9 Å². The molecule has 10 heteroatoms. The molecular weight excluding hydrogens is 413 g/mol. The average molecular weight is 432 g/mol. The SMILES string of the molecule is COc1ccnc(-c2ccc(CNc3ncc(C(F)(F)F)c(OC4COC4)n3)cc2)c1. The summed E-state index contributed by atoms with van der Waals surface area (Å²) in [5.41, 5.74) is 1.56. The maximum atomic E-state index is 13.2. The minimum atomic E-state index is -4.61. The first-order valence-electron chi connectivity index (χ1n) is 9.44. The van der Waals surface area contributed by atoms with E-state index in [-0.39, 0.29) is 19.2 Å². The van der Waals surface area contributed by atoms with E-state index in [2.05, 4.69) is 20.3 Å². The topological polar surface area (TPSA) is 78.4 Å². The first-order valence-corrected chi connectivity index (χ1v) is 9.44. The Balaban J connectivity index is 1.45. The molecule has 1 aliphatic heterocycles. The van der Waals surface area contributed by atoms with Gasteiger partial charge >= 0.3 is 6.18 Å². The first kappa shape index (κ1) is 20.9. The normalized spacial score (nSPS) is 14.1. The molecule has 1 fully saturated rings. The molecule has 3 heterocycles. The number of ether oxygens (including phenoxy) is 3. The molecule has 0 amide bonds. The van der Waals surface area contributed by atoms with E-state index < -0.39 is 23.7 Å². The lowest BCUT2D eigenvalue weighted by Gasteiger charge is -2.27. The molecule has 0 spiro atoms. The summed E-state index contributed by atoms with van der Waals surface area (Å²) in [6.07, 6.45) is -2.66. The summed E-state index contributed by atoms with van der Waals surface area (Å²) in [5.74, 6) is 0.251. The van der Waals surface area contributed by atoms with Gasteiger partial charge in [0.25, 0.3) is 0 Å². The summed E-state index contributed by atoms with van der Waals surface area (Å²) in [4.78, 5) is 12.0. The third-order valence-electron chi connectivity index (χ3n) is 4.61. The maximum absolute atomic E-state index is 13.2. The van der Waals surface area contributed by atoms with Gasteiger partial charge in [0.15, 0.2) is 0 Å². The standard InChI is InChI=1S/C21H19F3N4O3/c1-29-15-6-7-25-18(8-15)14-4-2-13(3-5-14)9-26-20-27-10-17(21(22,23)24)19(28-20)31-16-11-30-12-16/h2-8,10,16H,9,11-12H2,1H3,(H,26,27,28). The lowest BCUT2D eigenvalue weighted by Crippen LogP contribution is -2.39. The van der Waals surface area contributed by atoms with E-state index in [1.165, 1.54) is 0 Å². The number of anilines is 1. The van der Waals surface area contributed by atoms with E-state index in [4.69, 9.17) is 14.2 Å². The molecule has 0 bridgehead atoms. The van der Waals surface area contributed by atoms with Crippen LogP contribution in [0.3, 0.4) is 0 Å². The van der Waals surface area contributed by atoms with Gasteiger partial charge in [0.05, 0.1) is 26.0 Å². The quantitative estimate of drug-likeness (QED) is 0.606. The van der Waals surface area contributed by atoms with Crippen molar-refractivity contribution in [2.24, 2.45) is 0 Å². The van der Waals surface area contributed by atoms with Gasteiger partial charge in [-0.2, -0.15) is 18.2 Å². The van der Waals surface area contributed by atoms with Crippen LogP contribution in [-0.2, 0) is 17.5 Å². The number of methoxy groups -OCH3 is 1. The molecule has 1 N–H and O–H groups in total. The van der Waals surface area contributed by atoms with Gasteiger partial charge in [-0.15, -0.1) is 0 Å². The number of aromatic nitrogens is 3. The highest BCUT2D eigenvalue weighted by molar-refractivity contribution is 5.61. The van der Waals surface area contributed by atoms with Crippen molar-refractivity contribution in [1.82, 2.24) is 15.0 Å². The second-order valence-corrected chi connectivity index (χ2v) is 6.82. The molecule has 0 saturated carbocycles. The monoisotopic (exact) mass is 432 g/mol. The van der Waals surface area contributed by atoms with Crippen molar-refractivity contribution in [2.75, 3.05) is 25.6 Å². The average Bonchev–Trinajstić information content (AvgIpc) is 2.74. The molecule has 0 radical (unpaired) electrons. The van der Waals surface area contributed by atoms with Gasteiger partial charge < -0.3 is 19.5 Å². The highest BCUT2D eigenvalue weighted by Gasteiger charge is 2.37. The van der Waals surface area contributed by atoms with Crippen LogP contribution in [0.25, 0.3) is 11.3 Å². The van der Waals surface area contributed by atoms with E-state index in [1.54, 1.807) is 19.4 Å². The zero-order valence-corrected chi connectivity index (χ0v) is 16.5. The van der Waals surface area contributed by atoms with Crippen molar-refractivity contribution < 1.29 is 27.4 Å². The third kappa shape index (κ3) is 5.02. The van der Waals surface area contributed by atoms with E-state index in [1.807, 2.05) is 30.3 Å². The number of pyridine rings is 1. The second-order valence-electron chi connectivity index (χ2n) is 6.82. The predicted octanol–water partition coefficient (Wildman–Crippen LogP) is 3.96. The zero-order chi connectivity index (χ0) is 21.8. The van der Waals surface area contributed by atoms with Crippen LogP contribution in [0.15, 0.2) is 48.8 Å². The zero-order valence-electron chi connectivity index (χ0n) is 16.5. The molecule has 4 rings (SSSR count). The predicted molar refractivity (Wildman–Crippen MR) is 106 cm³/mol. The van der Waals surface area contributed by atoms with Crippen molar-refractivity contribution in [1.29, 1.82) is 0 Å². The van der Waals surface area contributed by atoms with E-state index >= 15 is 0 Å². The highest BCUT2D eigenvalue weighted by Crippen LogP contribution is 2.36. The molecule has 0 aliphatic carbocycles. The van der Waals surface area contributed by atoms with Gasteiger partial charge in [-0.1, -0.05) is 24.3 Å². The Labute approximate surface area is 176 Å². The summed E-state index contributed by atoms with van der Waals surface area (Å²) < 4.78 is 55.1. The number of hydrogen-bond donors (Lipinski definition) is 1. The second kappa shape index (κ2) is 8.76. The summed E-state index contributed by atoms with van der Waals surface area (Å²) >= 11 is 0. The van der Waals surface area contributed by atoms with Crippen molar-refractivity contribution >= 4 is 5.95 Å². The minimum absolute atomic E-state index is 0.0433. The summed E-state index contributed by atoms with van der Waals surface area (Å²) in [5, 5.41) is 2.93. The Hall–Kier alpha value is -3.40. The van der Waals surface area contributed by atoms with E-state index in [0.29, 0.717) is 12.3 Å². The Kier molecular flexibility index (Phi) is 5.90. The molecule has 1 aliphatic rings. The number of rotatable bonds is 7. The highest BCUT2D eigenvalue weighted by atomic mass is 19.4. The third-order valence-corrected chi connectivity index (χ3v) is 4.61. The molecule has 31 heavy (non-hydrogen) atoms. The molecule has 2 aromatic heterocycles. The number of nitrogens with zero attached hydrogens (tertiary/aromatic N) is 3. The lowest BCUT2D eigenvalue weighted by molar-refractivity contribution is -0.142. The van der Waals surface area contributed by atoms with Crippen LogP contribution in [-0.4, -0.2) is 41.4 Å². The number of hydrogen-bond acceptors (Lipinski definition) is 7. The molecule has 1 saturated heterocycles. The minimum Gasteiger partial charge on any atom is -0.497 e. The molecule has 0 unspecified atom stereocenters. The molecule has 1 aromatic carbocycles. The van der Waals surface area contributed by atoms with Gasteiger partial charge in [0.2, 0.25) is 11.8 Å². The van der Waals surface area contributed by atoms with Crippen LogP contribution in [0.4, 0.5) is 19.1 Å². The Morgan fingerprint density at radius 1 is 1.13 bits per heavy atom. The summed E-state index contributed by atoms with van der Waals surface area (Å²) in [7, 11) is 1.59. The Bertz CT molecular complexity index is 1040. The van der Waals surface area contributed by atoms with Crippen molar-refractivity contribution in [2.45, 2.75) is 18.8 Å². The lowest BCUT2D eigenvalue weighted by atomic mass is 10.1. The van der Waals surface area contributed by atoms with Crippen molar-refractivity contribution in [3.63, 3.8) is 0 Å². The maximum Gasteiger partial charge on any atom is 0.423 e. The van der Waals surface area contributed by atoms with E-state index in [0.717, 1.165) is 23.0 Å². The largest absolute Gasteiger partial charge is 0.497 e. The van der Waals surface area contributed by atoms with E-state index in [9.17, 15) is 13.2 Å². The first-order chi connectivity index (χ1) is 14.9. The van der Waals surface area contributed by atoms with Crippen LogP contribution in [0, 0.1) is 0 Å². The van der Waals surface area contributed by atoms with Crippen LogP contribution >= 0.6 is 0 Å². The molecule has 7 nitrogen and oxygen atoms in total.